The highest BCUT2D eigenvalue weighted by molar-refractivity contribution is 6.09. The summed E-state index contributed by atoms with van der Waals surface area (Å²) in [4.78, 5) is 37.8. The number of urea groups is 1. The topological polar surface area (TPSA) is 78.5 Å². The van der Waals surface area contributed by atoms with Crippen molar-refractivity contribution in [3.63, 3.8) is 0 Å². The first kappa shape index (κ1) is 17.1. The van der Waals surface area contributed by atoms with Gasteiger partial charge in [0.25, 0.3) is 5.91 Å². The maximum Gasteiger partial charge on any atom is 0.328 e. The van der Waals surface area contributed by atoms with E-state index in [0.717, 1.165) is 11.8 Å². The molecule has 1 aromatic carbocycles. The summed E-state index contributed by atoms with van der Waals surface area (Å²) in [5, 5.41) is 5.40. The average molecular weight is 355 g/mol. The number of para-hydroxylation sites is 1. The molecule has 3 aliphatic rings. The van der Waals surface area contributed by atoms with Gasteiger partial charge in [0.1, 0.15) is 0 Å². The minimum Gasteiger partial charge on any atom is -0.352 e. The maximum atomic E-state index is 12.8. The Kier molecular flexibility index (Phi) is 4.66. The molecule has 6 nitrogen and oxygen atoms in total. The second-order valence-corrected chi connectivity index (χ2v) is 7.67. The van der Waals surface area contributed by atoms with Gasteiger partial charge in [-0.2, -0.15) is 0 Å². The Morgan fingerprint density at radius 2 is 2.00 bits per heavy atom. The predicted molar refractivity (Wildman–Crippen MR) is 97.8 cm³/mol. The number of benzene rings is 1. The molecule has 1 heterocycles. The van der Waals surface area contributed by atoms with Crippen molar-refractivity contribution < 1.29 is 14.4 Å². The third-order valence-electron chi connectivity index (χ3n) is 6.25. The summed E-state index contributed by atoms with van der Waals surface area (Å²) < 4.78 is 0. The molecule has 1 aromatic rings. The van der Waals surface area contributed by atoms with Crippen LogP contribution >= 0.6 is 0 Å². The van der Waals surface area contributed by atoms with Gasteiger partial charge in [-0.1, -0.05) is 25.0 Å². The zero-order valence-electron chi connectivity index (χ0n) is 14.9. The van der Waals surface area contributed by atoms with Crippen LogP contribution in [0, 0.1) is 17.8 Å². The van der Waals surface area contributed by atoms with Crippen LogP contribution in [0.5, 0.6) is 0 Å². The molecule has 4 amide bonds. The lowest BCUT2D eigenvalue weighted by Gasteiger charge is -2.28. The Labute approximate surface area is 153 Å². The van der Waals surface area contributed by atoms with Gasteiger partial charge in [0, 0.05) is 19.5 Å². The molecule has 3 fully saturated rings. The van der Waals surface area contributed by atoms with Crippen molar-refractivity contribution in [1.29, 1.82) is 0 Å². The van der Waals surface area contributed by atoms with Crippen molar-refractivity contribution in [2.24, 2.45) is 17.8 Å². The fourth-order valence-electron chi connectivity index (χ4n) is 4.95. The number of anilines is 1. The molecule has 0 radical (unpaired) electrons. The molecule has 26 heavy (non-hydrogen) atoms. The van der Waals surface area contributed by atoms with Crippen LogP contribution in [0.2, 0.25) is 0 Å². The summed E-state index contributed by atoms with van der Waals surface area (Å²) in [6, 6.07) is 6.63. The second kappa shape index (κ2) is 7.09. The highest BCUT2D eigenvalue weighted by Crippen LogP contribution is 2.47. The van der Waals surface area contributed by atoms with Gasteiger partial charge < -0.3 is 5.32 Å². The normalized spacial score (nSPS) is 28.0. The van der Waals surface area contributed by atoms with Gasteiger partial charge in [-0.15, -0.1) is 0 Å². The molecule has 138 valence electrons. The third kappa shape index (κ3) is 3.20. The molecule has 1 saturated heterocycles. The molecule has 1 aliphatic heterocycles. The first-order valence-corrected chi connectivity index (χ1v) is 9.62. The fraction of sp³-hybridized carbons (Fsp3) is 0.550. The highest BCUT2D eigenvalue weighted by atomic mass is 16.2. The van der Waals surface area contributed by atoms with Gasteiger partial charge in [-0.3, -0.25) is 19.8 Å². The first-order valence-electron chi connectivity index (χ1n) is 9.62. The summed E-state index contributed by atoms with van der Waals surface area (Å²) in [5.74, 6) is 1.78. The minimum absolute atomic E-state index is 0.147. The molecule has 2 aliphatic carbocycles. The number of fused-ring (bicyclic) bond motifs is 1. The van der Waals surface area contributed by atoms with Crippen LogP contribution in [-0.2, 0) is 4.79 Å². The van der Waals surface area contributed by atoms with Crippen LogP contribution in [0.25, 0.3) is 0 Å². The molecule has 3 atom stereocenters. The van der Waals surface area contributed by atoms with E-state index < -0.39 is 6.03 Å². The van der Waals surface area contributed by atoms with E-state index in [2.05, 4.69) is 10.6 Å². The average Bonchev–Trinajstić information content (AvgIpc) is 3.24. The Hall–Kier alpha value is -2.37. The van der Waals surface area contributed by atoms with E-state index in [4.69, 9.17) is 0 Å². The molecule has 2 saturated carbocycles. The lowest BCUT2D eigenvalue weighted by molar-refractivity contribution is -0.120. The van der Waals surface area contributed by atoms with Crippen LogP contribution in [-0.4, -0.2) is 30.9 Å². The van der Waals surface area contributed by atoms with Crippen molar-refractivity contribution >= 4 is 23.5 Å². The smallest absolute Gasteiger partial charge is 0.328 e. The zero-order valence-corrected chi connectivity index (χ0v) is 14.9. The quantitative estimate of drug-likeness (QED) is 0.872. The molecule has 0 bridgehead atoms. The van der Waals surface area contributed by atoms with E-state index in [1.165, 1.54) is 37.0 Å². The SMILES string of the molecule is O=C1CCN(c2ccccc2C(=O)NC[C@H]2CC[C@@H]3CCC[C@@H]32)C(=O)N1. The number of hydrogen-bond acceptors (Lipinski definition) is 3. The summed E-state index contributed by atoms with van der Waals surface area (Å²) in [6.07, 6.45) is 6.71. The molecule has 0 aromatic heterocycles. The van der Waals surface area contributed by atoms with Crippen LogP contribution in [0.4, 0.5) is 10.5 Å². The molecule has 4 rings (SSSR count). The number of carbonyl (C=O) groups excluding carboxylic acids is 3. The van der Waals surface area contributed by atoms with Gasteiger partial charge in [0.2, 0.25) is 5.91 Å². The predicted octanol–water partition coefficient (Wildman–Crippen LogP) is 2.69. The number of nitrogens with one attached hydrogen (secondary N) is 2. The highest BCUT2D eigenvalue weighted by Gasteiger charge is 2.39. The summed E-state index contributed by atoms with van der Waals surface area (Å²) in [7, 11) is 0. The lowest BCUT2D eigenvalue weighted by atomic mass is 9.92. The van der Waals surface area contributed by atoms with Crippen molar-refractivity contribution in [1.82, 2.24) is 10.6 Å². The van der Waals surface area contributed by atoms with Crippen molar-refractivity contribution in [3.05, 3.63) is 29.8 Å². The van der Waals surface area contributed by atoms with Crippen LogP contribution in [0.3, 0.4) is 0 Å². The van der Waals surface area contributed by atoms with E-state index in [-0.39, 0.29) is 18.2 Å². The van der Waals surface area contributed by atoms with Gasteiger partial charge in [0.15, 0.2) is 0 Å². The Balaban J connectivity index is 1.45. The standard InChI is InChI=1S/C20H25N3O3/c24-18-10-11-23(20(26)22-18)17-7-2-1-5-16(17)19(25)21-12-14-9-8-13-4-3-6-15(13)14/h1-2,5,7,13-15H,3-4,6,8-12H2,(H,21,25)(H,22,24,26)/t13-,14+,15-/m0/s1. The van der Waals surface area contributed by atoms with E-state index in [9.17, 15) is 14.4 Å². The van der Waals surface area contributed by atoms with Crippen LogP contribution < -0.4 is 15.5 Å². The number of nitrogens with zero attached hydrogens (tertiary/aromatic N) is 1. The van der Waals surface area contributed by atoms with Gasteiger partial charge >= 0.3 is 6.03 Å². The van der Waals surface area contributed by atoms with E-state index in [1.54, 1.807) is 24.3 Å². The van der Waals surface area contributed by atoms with Crippen molar-refractivity contribution in [3.8, 4) is 0 Å². The van der Waals surface area contributed by atoms with E-state index >= 15 is 0 Å². The molecule has 0 spiro atoms. The molecule has 2 N–H and O–H groups in total. The Morgan fingerprint density at radius 3 is 2.85 bits per heavy atom. The molecular weight excluding hydrogens is 330 g/mol. The van der Waals surface area contributed by atoms with Crippen molar-refractivity contribution in [2.45, 2.75) is 38.5 Å². The van der Waals surface area contributed by atoms with E-state index in [1.807, 2.05) is 0 Å². The van der Waals surface area contributed by atoms with Gasteiger partial charge in [-0.25, -0.2) is 4.79 Å². The largest absolute Gasteiger partial charge is 0.352 e. The monoisotopic (exact) mass is 355 g/mol. The van der Waals surface area contributed by atoms with Gasteiger partial charge in [-0.05, 0) is 49.1 Å². The van der Waals surface area contributed by atoms with E-state index in [0.29, 0.717) is 30.3 Å². The number of rotatable bonds is 4. The zero-order chi connectivity index (χ0) is 18.1. The summed E-state index contributed by atoms with van der Waals surface area (Å²) >= 11 is 0. The fourth-order valence-corrected chi connectivity index (χ4v) is 4.95. The Bertz CT molecular complexity index is 733. The molecule has 0 unspecified atom stereocenters. The number of carbonyl (C=O) groups is 3. The third-order valence-corrected chi connectivity index (χ3v) is 6.25. The van der Waals surface area contributed by atoms with Crippen molar-refractivity contribution in [2.75, 3.05) is 18.0 Å². The minimum atomic E-state index is -0.467. The van der Waals surface area contributed by atoms with Crippen LogP contribution in [0.15, 0.2) is 24.3 Å². The number of amides is 4. The number of hydrogen-bond donors (Lipinski definition) is 2. The van der Waals surface area contributed by atoms with Gasteiger partial charge in [0.05, 0.1) is 11.3 Å². The lowest BCUT2D eigenvalue weighted by Crippen LogP contribution is -2.50. The summed E-state index contributed by atoms with van der Waals surface area (Å²) in [5.41, 5.74) is 1.04. The Morgan fingerprint density at radius 1 is 1.15 bits per heavy atom. The molecule has 6 heteroatoms. The summed E-state index contributed by atoms with van der Waals surface area (Å²) in [6.45, 7) is 1.00. The second-order valence-electron chi connectivity index (χ2n) is 7.67. The number of imide groups is 1. The maximum absolute atomic E-state index is 12.8. The molecular formula is C20H25N3O3. The van der Waals surface area contributed by atoms with Crippen LogP contribution in [0.1, 0.15) is 48.9 Å². The first-order chi connectivity index (χ1) is 12.6.